The lowest BCUT2D eigenvalue weighted by molar-refractivity contribution is -0.0392. The Balaban J connectivity index is 1.92. The summed E-state index contributed by atoms with van der Waals surface area (Å²) >= 11 is 0. The highest BCUT2D eigenvalue weighted by Gasteiger charge is 2.32. The largest absolute Gasteiger partial charge is 0.503 e. The minimum atomic E-state index is -0.877. The average Bonchev–Trinajstić information content (AvgIpc) is 2.78. The van der Waals surface area contributed by atoms with Gasteiger partial charge in [0.1, 0.15) is 0 Å². The molecule has 0 aliphatic carbocycles. The number of phenols is 1. The highest BCUT2D eigenvalue weighted by molar-refractivity contribution is 5.93. The molecule has 1 atom stereocenters. The molecule has 0 fully saturated rings. The molecule has 1 heterocycles. The number of ether oxygens (including phenoxy) is 2. The third-order valence-corrected chi connectivity index (χ3v) is 3.04. The SMILES string of the molecule is NNc1cccc(OC2OC(=O)c3ccccc32)c1O. The number of fused-ring (bicyclic) bond motifs is 1. The second-order valence-electron chi connectivity index (χ2n) is 4.24. The van der Waals surface area contributed by atoms with Gasteiger partial charge in [-0.05, 0) is 18.2 Å². The van der Waals surface area contributed by atoms with E-state index in [0.29, 0.717) is 16.8 Å². The van der Waals surface area contributed by atoms with Gasteiger partial charge in [-0.15, -0.1) is 0 Å². The number of para-hydroxylation sites is 1. The number of nitrogen functional groups attached to an aromatic ring is 1. The molecule has 0 saturated heterocycles. The number of hydrogen-bond donors (Lipinski definition) is 3. The number of cyclic esters (lactones) is 1. The Hall–Kier alpha value is -2.73. The maximum Gasteiger partial charge on any atom is 0.342 e. The standard InChI is InChI=1S/C14H12N2O4/c15-16-10-6-3-7-11(12(10)17)19-14-9-5-2-1-4-8(9)13(18)20-14/h1-7,14,16-17H,15H2. The zero-order chi connectivity index (χ0) is 14.1. The van der Waals surface area contributed by atoms with Crippen molar-refractivity contribution in [2.75, 3.05) is 5.43 Å². The number of hydrazine groups is 1. The summed E-state index contributed by atoms with van der Waals surface area (Å²) in [5, 5.41) is 9.96. The second kappa shape index (κ2) is 4.75. The molecule has 1 aliphatic heterocycles. The monoisotopic (exact) mass is 272 g/mol. The van der Waals surface area contributed by atoms with E-state index in [9.17, 15) is 9.90 Å². The molecule has 0 aromatic heterocycles. The van der Waals surface area contributed by atoms with Crippen LogP contribution in [0.25, 0.3) is 0 Å². The number of phenolic OH excluding ortho intramolecular Hbond substituents is 1. The van der Waals surface area contributed by atoms with E-state index in [0.717, 1.165) is 0 Å². The smallest absolute Gasteiger partial charge is 0.342 e. The Labute approximate surface area is 114 Å². The summed E-state index contributed by atoms with van der Waals surface area (Å²) in [6.07, 6.45) is -0.877. The van der Waals surface area contributed by atoms with Crippen LogP contribution in [0, 0.1) is 0 Å². The molecule has 6 heteroatoms. The normalized spacial score (nSPS) is 16.4. The predicted octanol–water partition coefficient (Wildman–Crippen LogP) is 1.93. The molecular weight excluding hydrogens is 260 g/mol. The van der Waals surface area contributed by atoms with E-state index >= 15 is 0 Å². The van der Waals surface area contributed by atoms with Crippen LogP contribution < -0.4 is 16.0 Å². The van der Waals surface area contributed by atoms with E-state index in [1.807, 2.05) is 0 Å². The third kappa shape index (κ3) is 1.92. The summed E-state index contributed by atoms with van der Waals surface area (Å²) in [6.45, 7) is 0. The average molecular weight is 272 g/mol. The molecule has 0 radical (unpaired) electrons. The summed E-state index contributed by atoms with van der Waals surface area (Å²) in [5.74, 6) is 4.86. The Bertz CT molecular complexity index is 672. The van der Waals surface area contributed by atoms with Crippen LogP contribution in [-0.2, 0) is 4.74 Å². The van der Waals surface area contributed by atoms with Gasteiger partial charge >= 0.3 is 5.97 Å². The lowest BCUT2D eigenvalue weighted by atomic mass is 10.1. The van der Waals surface area contributed by atoms with Crippen LogP contribution in [0.4, 0.5) is 5.69 Å². The maximum atomic E-state index is 11.7. The fourth-order valence-corrected chi connectivity index (χ4v) is 2.05. The summed E-state index contributed by atoms with van der Waals surface area (Å²) in [4.78, 5) is 11.7. The highest BCUT2D eigenvalue weighted by Crippen LogP contribution is 2.39. The van der Waals surface area contributed by atoms with Gasteiger partial charge in [-0.2, -0.15) is 0 Å². The zero-order valence-electron chi connectivity index (χ0n) is 10.4. The molecule has 0 spiro atoms. The Morgan fingerprint density at radius 3 is 2.80 bits per heavy atom. The van der Waals surface area contributed by atoms with Gasteiger partial charge in [-0.3, -0.25) is 5.84 Å². The number of rotatable bonds is 3. The number of esters is 1. The molecule has 4 N–H and O–H groups in total. The zero-order valence-corrected chi connectivity index (χ0v) is 10.4. The van der Waals surface area contributed by atoms with Crippen molar-refractivity contribution < 1.29 is 19.4 Å². The van der Waals surface area contributed by atoms with Gasteiger partial charge in [-0.25, -0.2) is 4.79 Å². The summed E-state index contributed by atoms with van der Waals surface area (Å²) in [5.41, 5.74) is 3.76. The van der Waals surface area contributed by atoms with Gasteiger partial charge in [0.05, 0.1) is 11.3 Å². The van der Waals surface area contributed by atoms with Crippen molar-refractivity contribution in [1.82, 2.24) is 0 Å². The van der Waals surface area contributed by atoms with Crippen LogP contribution in [0.1, 0.15) is 22.2 Å². The van der Waals surface area contributed by atoms with Gasteiger partial charge in [0.2, 0.25) is 0 Å². The van der Waals surface area contributed by atoms with Gasteiger partial charge in [0.25, 0.3) is 6.29 Å². The topological polar surface area (TPSA) is 93.8 Å². The van der Waals surface area contributed by atoms with Crippen molar-refractivity contribution in [3.63, 3.8) is 0 Å². The molecule has 0 amide bonds. The van der Waals surface area contributed by atoms with Crippen molar-refractivity contribution in [2.24, 2.45) is 5.84 Å². The number of hydrogen-bond acceptors (Lipinski definition) is 6. The van der Waals surface area contributed by atoms with E-state index in [1.54, 1.807) is 42.5 Å². The molecule has 102 valence electrons. The lowest BCUT2D eigenvalue weighted by Gasteiger charge is -2.15. The van der Waals surface area contributed by atoms with Gasteiger partial charge < -0.3 is 20.0 Å². The van der Waals surface area contributed by atoms with Crippen molar-refractivity contribution in [3.8, 4) is 11.5 Å². The van der Waals surface area contributed by atoms with Crippen LogP contribution in [0.3, 0.4) is 0 Å². The number of carbonyl (C=O) groups excluding carboxylic acids is 1. The van der Waals surface area contributed by atoms with Crippen molar-refractivity contribution in [3.05, 3.63) is 53.6 Å². The first kappa shape index (κ1) is 12.3. The lowest BCUT2D eigenvalue weighted by Crippen LogP contribution is -2.09. The van der Waals surface area contributed by atoms with Crippen LogP contribution >= 0.6 is 0 Å². The van der Waals surface area contributed by atoms with Crippen LogP contribution in [0.5, 0.6) is 11.5 Å². The van der Waals surface area contributed by atoms with Crippen molar-refractivity contribution in [2.45, 2.75) is 6.29 Å². The molecule has 2 aromatic rings. The maximum absolute atomic E-state index is 11.7. The van der Waals surface area contributed by atoms with E-state index in [1.165, 1.54) is 0 Å². The summed E-state index contributed by atoms with van der Waals surface area (Å²) in [7, 11) is 0. The van der Waals surface area contributed by atoms with Gasteiger partial charge in [-0.1, -0.05) is 24.3 Å². The fraction of sp³-hybridized carbons (Fsp3) is 0.0714. The highest BCUT2D eigenvalue weighted by atomic mass is 16.7. The molecule has 0 bridgehead atoms. The van der Waals surface area contributed by atoms with E-state index in [-0.39, 0.29) is 11.5 Å². The fourth-order valence-electron chi connectivity index (χ4n) is 2.05. The first-order valence-electron chi connectivity index (χ1n) is 5.96. The first-order valence-corrected chi connectivity index (χ1v) is 5.96. The van der Waals surface area contributed by atoms with Crippen LogP contribution in [0.2, 0.25) is 0 Å². The van der Waals surface area contributed by atoms with E-state index in [4.69, 9.17) is 15.3 Å². The molecular formula is C14H12N2O4. The number of nitrogens with two attached hydrogens (primary N) is 1. The molecule has 3 rings (SSSR count). The van der Waals surface area contributed by atoms with E-state index < -0.39 is 12.3 Å². The minimum Gasteiger partial charge on any atom is -0.503 e. The van der Waals surface area contributed by atoms with Crippen LogP contribution in [-0.4, -0.2) is 11.1 Å². The number of nitrogens with one attached hydrogen (secondary N) is 1. The molecule has 20 heavy (non-hydrogen) atoms. The quantitative estimate of drug-likeness (QED) is 0.342. The molecule has 0 saturated carbocycles. The number of benzene rings is 2. The van der Waals surface area contributed by atoms with Crippen molar-refractivity contribution >= 4 is 11.7 Å². The Morgan fingerprint density at radius 1 is 1.20 bits per heavy atom. The molecule has 6 nitrogen and oxygen atoms in total. The predicted molar refractivity (Wildman–Crippen MR) is 71.1 cm³/mol. The van der Waals surface area contributed by atoms with E-state index in [2.05, 4.69) is 5.43 Å². The molecule has 2 aromatic carbocycles. The summed E-state index contributed by atoms with van der Waals surface area (Å²) in [6, 6.07) is 11.8. The minimum absolute atomic E-state index is 0.143. The number of carbonyl (C=O) groups is 1. The molecule has 1 unspecified atom stereocenters. The second-order valence-corrected chi connectivity index (χ2v) is 4.24. The third-order valence-electron chi connectivity index (χ3n) is 3.04. The Morgan fingerprint density at radius 2 is 2.00 bits per heavy atom. The van der Waals surface area contributed by atoms with Gasteiger partial charge in [0.15, 0.2) is 11.5 Å². The summed E-state index contributed by atoms with van der Waals surface area (Å²) < 4.78 is 10.7. The Kier molecular flexibility index (Phi) is 2.92. The van der Waals surface area contributed by atoms with Crippen LogP contribution in [0.15, 0.2) is 42.5 Å². The number of anilines is 1. The van der Waals surface area contributed by atoms with Gasteiger partial charge in [0, 0.05) is 5.56 Å². The molecule has 1 aliphatic rings. The first-order chi connectivity index (χ1) is 9.70. The van der Waals surface area contributed by atoms with Crippen molar-refractivity contribution in [1.29, 1.82) is 0 Å². The number of aromatic hydroxyl groups is 1.